The van der Waals surface area contributed by atoms with E-state index in [0.29, 0.717) is 6.42 Å². The monoisotopic (exact) mass is 237 g/mol. The predicted molar refractivity (Wildman–Crippen MR) is 61.0 cm³/mol. The lowest BCUT2D eigenvalue weighted by atomic mass is 10.0. The Balaban J connectivity index is 2.12. The fraction of sp³-hybridized carbons (Fsp3) is 0.417. The first-order valence-corrected chi connectivity index (χ1v) is 5.44. The molecule has 0 aliphatic carbocycles. The molecule has 1 heterocycles. The summed E-state index contributed by atoms with van der Waals surface area (Å²) in [5, 5.41) is 11.8. The number of aliphatic hydroxyl groups excluding tert-OH is 1. The topological polar surface area (TPSA) is 67.8 Å². The fourth-order valence-electron chi connectivity index (χ4n) is 1.95. The zero-order chi connectivity index (χ0) is 12.3. The average Bonchev–Trinajstić information content (AvgIpc) is 2.70. The van der Waals surface area contributed by atoms with Crippen LogP contribution in [0.25, 0.3) is 0 Å². The number of aliphatic hydroxyl groups is 1. The molecule has 1 amide bonds. The van der Waals surface area contributed by atoms with E-state index in [9.17, 15) is 4.79 Å². The van der Waals surface area contributed by atoms with Crippen LogP contribution in [0.2, 0.25) is 0 Å². The minimum Gasteiger partial charge on any atom is -0.496 e. The molecule has 1 aromatic carbocycles. The van der Waals surface area contributed by atoms with Gasteiger partial charge in [-0.1, -0.05) is 18.2 Å². The third-order valence-electron chi connectivity index (χ3n) is 2.82. The molecule has 0 spiro atoms. The first kappa shape index (κ1) is 11.7. The second kappa shape index (κ2) is 5.05. The molecule has 1 aliphatic heterocycles. The molecule has 0 unspecified atom stereocenters. The number of ether oxygens (including phenoxy) is 2. The molecule has 2 N–H and O–H groups in total. The summed E-state index contributed by atoms with van der Waals surface area (Å²) in [6, 6.07) is 7.36. The number of rotatable bonds is 4. The molecular weight excluding hydrogens is 222 g/mol. The van der Waals surface area contributed by atoms with E-state index >= 15 is 0 Å². The van der Waals surface area contributed by atoms with Gasteiger partial charge in [0.2, 0.25) is 0 Å². The molecule has 2 rings (SSSR count). The van der Waals surface area contributed by atoms with Crippen molar-refractivity contribution < 1.29 is 19.4 Å². The molecule has 17 heavy (non-hydrogen) atoms. The Hall–Kier alpha value is -1.75. The molecule has 0 saturated carbocycles. The van der Waals surface area contributed by atoms with Crippen molar-refractivity contribution in [3.05, 3.63) is 29.8 Å². The summed E-state index contributed by atoms with van der Waals surface area (Å²) in [4.78, 5) is 11.1. The number of methoxy groups -OCH3 is 1. The smallest absolute Gasteiger partial charge is 0.407 e. The molecular formula is C12H15NO4. The van der Waals surface area contributed by atoms with Gasteiger partial charge in [-0.05, 0) is 11.6 Å². The number of carbonyl (C=O) groups excluding carboxylic acids is 1. The Kier molecular flexibility index (Phi) is 3.49. The van der Waals surface area contributed by atoms with Gasteiger partial charge in [0.25, 0.3) is 0 Å². The SMILES string of the molecule is COc1ccccc1C[C@H]1NC(=O)O[C@@H]1CO. The summed E-state index contributed by atoms with van der Waals surface area (Å²) in [5.74, 6) is 0.769. The quantitative estimate of drug-likeness (QED) is 0.809. The number of para-hydroxylation sites is 1. The van der Waals surface area contributed by atoms with Gasteiger partial charge in [0.15, 0.2) is 0 Å². The Morgan fingerprint density at radius 1 is 1.47 bits per heavy atom. The van der Waals surface area contributed by atoms with Crippen LogP contribution in [0.3, 0.4) is 0 Å². The highest BCUT2D eigenvalue weighted by molar-refractivity contribution is 5.70. The largest absolute Gasteiger partial charge is 0.496 e. The van der Waals surface area contributed by atoms with Crippen molar-refractivity contribution >= 4 is 6.09 Å². The second-order valence-corrected chi connectivity index (χ2v) is 3.89. The van der Waals surface area contributed by atoms with E-state index < -0.39 is 12.2 Å². The molecule has 0 bridgehead atoms. The van der Waals surface area contributed by atoms with Crippen molar-refractivity contribution in [2.45, 2.75) is 18.6 Å². The number of nitrogens with one attached hydrogen (secondary N) is 1. The van der Waals surface area contributed by atoms with E-state index in [-0.39, 0.29) is 12.6 Å². The van der Waals surface area contributed by atoms with Gasteiger partial charge in [-0.2, -0.15) is 0 Å². The molecule has 0 radical (unpaired) electrons. The Morgan fingerprint density at radius 2 is 2.24 bits per heavy atom. The molecule has 1 aromatic rings. The number of hydrogen-bond acceptors (Lipinski definition) is 4. The number of amides is 1. The summed E-state index contributed by atoms with van der Waals surface area (Å²) in [6.45, 7) is -0.182. The van der Waals surface area contributed by atoms with Crippen LogP contribution in [0.1, 0.15) is 5.56 Å². The molecule has 5 heteroatoms. The lowest BCUT2D eigenvalue weighted by Crippen LogP contribution is -2.35. The highest BCUT2D eigenvalue weighted by Gasteiger charge is 2.33. The zero-order valence-electron chi connectivity index (χ0n) is 9.55. The van der Waals surface area contributed by atoms with Gasteiger partial charge in [-0.15, -0.1) is 0 Å². The summed E-state index contributed by atoms with van der Waals surface area (Å²) < 4.78 is 10.2. The molecule has 1 saturated heterocycles. The van der Waals surface area contributed by atoms with Crippen LogP contribution in [0.15, 0.2) is 24.3 Å². The Bertz CT molecular complexity index is 407. The fourth-order valence-corrected chi connectivity index (χ4v) is 1.95. The first-order chi connectivity index (χ1) is 8.24. The van der Waals surface area contributed by atoms with Gasteiger partial charge in [-0.25, -0.2) is 4.79 Å². The van der Waals surface area contributed by atoms with Gasteiger partial charge in [0.05, 0.1) is 19.8 Å². The number of carbonyl (C=O) groups is 1. The van der Waals surface area contributed by atoms with E-state index in [4.69, 9.17) is 14.6 Å². The van der Waals surface area contributed by atoms with Gasteiger partial charge >= 0.3 is 6.09 Å². The third-order valence-corrected chi connectivity index (χ3v) is 2.82. The van der Waals surface area contributed by atoms with Crippen molar-refractivity contribution in [3.8, 4) is 5.75 Å². The summed E-state index contributed by atoms with van der Waals surface area (Å²) in [6.07, 6.45) is -0.405. The standard InChI is InChI=1S/C12H15NO4/c1-16-10-5-3-2-4-8(10)6-9-11(7-14)17-12(15)13-9/h2-5,9,11,14H,6-7H2,1H3,(H,13,15)/t9-,11-/m1/s1. The lowest BCUT2D eigenvalue weighted by molar-refractivity contribution is 0.0828. The summed E-state index contributed by atoms with van der Waals surface area (Å²) in [7, 11) is 1.60. The first-order valence-electron chi connectivity index (χ1n) is 5.44. The summed E-state index contributed by atoms with van der Waals surface area (Å²) in [5.41, 5.74) is 0.976. The molecule has 2 atom stereocenters. The average molecular weight is 237 g/mol. The highest BCUT2D eigenvalue weighted by Crippen LogP contribution is 2.22. The maximum atomic E-state index is 11.1. The van der Waals surface area contributed by atoms with Crippen LogP contribution in [-0.2, 0) is 11.2 Å². The molecule has 92 valence electrons. The number of alkyl carbamates (subject to hydrolysis) is 1. The normalized spacial score (nSPS) is 23.1. The van der Waals surface area contributed by atoms with E-state index in [1.54, 1.807) is 7.11 Å². The van der Waals surface area contributed by atoms with Crippen molar-refractivity contribution in [1.82, 2.24) is 5.32 Å². The van der Waals surface area contributed by atoms with E-state index in [1.165, 1.54) is 0 Å². The van der Waals surface area contributed by atoms with Crippen molar-refractivity contribution in [3.63, 3.8) is 0 Å². The van der Waals surface area contributed by atoms with Gasteiger partial charge in [-0.3, -0.25) is 0 Å². The maximum Gasteiger partial charge on any atom is 0.407 e. The van der Waals surface area contributed by atoms with Gasteiger partial charge in [0.1, 0.15) is 11.9 Å². The van der Waals surface area contributed by atoms with E-state index in [2.05, 4.69) is 5.32 Å². The van der Waals surface area contributed by atoms with Crippen LogP contribution < -0.4 is 10.1 Å². The second-order valence-electron chi connectivity index (χ2n) is 3.89. The lowest BCUT2D eigenvalue weighted by Gasteiger charge is -2.16. The highest BCUT2D eigenvalue weighted by atomic mass is 16.6. The van der Waals surface area contributed by atoms with E-state index in [1.807, 2.05) is 24.3 Å². The molecule has 0 aromatic heterocycles. The molecule has 1 aliphatic rings. The van der Waals surface area contributed by atoms with Gasteiger partial charge in [0, 0.05) is 6.42 Å². The zero-order valence-corrected chi connectivity index (χ0v) is 9.55. The van der Waals surface area contributed by atoms with Crippen LogP contribution in [0.5, 0.6) is 5.75 Å². The predicted octanol–water partition coefficient (Wildman–Crippen LogP) is 0.707. The minimum absolute atomic E-state index is 0.182. The van der Waals surface area contributed by atoms with Crippen LogP contribution in [-0.4, -0.2) is 37.1 Å². The number of hydrogen-bond donors (Lipinski definition) is 2. The van der Waals surface area contributed by atoms with Crippen molar-refractivity contribution in [2.24, 2.45) is 0 Å². The molecule has 1 fully saturated rings. The maximum absolute atomic E-state index is 11.1. The van der Waals surface area contributed by atoms with Crippen LogP contribution >= 0.6 is 0 Å². The Morgan fingerprint density at radius 3 is 2.94 bits per heavy atom. The van der Waals surface area contributed by atoms with Crippen molar-refractivity contribution in [1.29, 1.82) is 0 Å². The van der Waals surface area contributed by atoms with Crippen LogP contribution in [0, 0.1) is 0 Å². The number of cyclic esters (lactones) is 1. The van der Waals surface area contributed by atoms with Gasteiger partial charge < -0.3 is 19.9 Å². The van der Waals surface area contributed by atoms with E-state index in [0.717, 1.165) is 11.3 Å². The minimum atomic E-state index is -0.493. The number of benzene rings is 1. The third kappa shape index (κ3) is 2.50. The summed E-state index contributed by atoms with van der Waals surface area (Å²) >= 11 is 0. The molecule has 5 nitrogen and oxygen atoms in total. The van der Waals surface area contributed by atoms with Crippen molar-refractivity contribution in [2.75, 3.05) is 13.7 Å². The van der Waals surface area contributed by atoms with Crippen LogP contribution in [0.4, 0.5) is 4.79 Å². The Labute approximate surface area is 99.3 Å².